The van der Waals surface area contributed by atoms with E-state index < -0.39 is 21.9 Å². The summed E-state index contributed by atoms with van der Waals surface area (Å²) in [6.45, 7) is 0.981. The highest BCUT2D eigenvalue weighted by molar-refractivity contribution is 7.90. The van der Waals surface area contributed by atoms with Gasteiger partial charge in [0.25, 0.3) is 15.9 Å². The number of hydrogen-bond donors (Lipinski definition) is 0. The first-order valence-corrected chi connectivity index (χ1v) is 11.8. The smallest absolute Gasteiger partial charge is 0.283 e. The van der Waals surface area contributed by atoms with E-state index in [0.29, 0.717) is 5.39 Å². The molecule has 0 radical (unpaired) electrons. The number of hydrogen-bond acceptors (Lipinski definition) is 4. The molecule has 0 N–H and O–H groups in total. The van der Waals surface area contributed by atoms with E-state index in [1.807, 2.05) is 0 Å². The van der Waals surface area contributed by atoms with E-state index >= 15 is 0 Å². The van der Waals surface area contributed by atoms with Crippen molar-refractivity contribution in [2.75, 3.05) is 18.0 Å². The van der Waals surface area contributed by atoms with Crippen LogP contribution in [0.1, 0.15) is 31.7 Å². The second-order valence-corrected chi connectivity index (χ2v) is 10.1. The summed E-state index contributed by atoms with van der Waals surface area (Å²) >= 11 is 6.35. The fraction of sp³-hybridized carbons (Fsp3) is 0.381. The molecule has 11 heteroatoms. The Balaban J connectivity index is 1.82. The maximum atomic E-state index is 13.9. The third-order valence-electron chi connectivity index (χ3n) is 5.51. The molecule has 4 rings (SSSR count). The Morgan fingerprint density at radius 3 is 2.41 bits per heavy atom. The maximum absolute atomic E-state index is 13.9. The lowest BCUT2D eigenvalue weighted by atomic mass is 10.1. The molecule has 0 unspecified atom stereocenters. The molecule has 32 heavy (non-hydrogen) atoms. The van der Waals surface area contributed by atoms with Crippen molar-refractivity contribution < 1.29 is 26.0 Å². The summed E-state index contributed by atoms with van der Waals surface area (Å²) < 4.78 is 82.2. The third-order valence-corrected chi connectivity index (χ3v) is 7.43. The summed E-state index contributed by atoms with van der Waals surface area (Å²) in [6, 6.07) is 8.90. The van der Waals surface area contributed by atoms with E-state index in [9.17, 15) is 26.0 Å². The fourth-order valence-corrected chi connectivity index (χ4v) is 5.31. The van der Waals surface area contributed by atoms with Gasteiger partial charge in [-0.25, -0.2) is 17.6 Å². The van der Waals surface area contributed by atoms with Gasteiger partial charge in [0.2, 0.25) is 5.92 Å². The van der Waals surface area contributed by atoms with Gasteiger partial charge in [-0.15, -0.1) is 5.10 Å². The normalized spacial score (nSPS) is 17.5. The zero-order valence-electron chi connectivity index (χ0n) is 17.0. The molecule has 2 aromatic carbocycles. The first-order chi connectivity index (χ1) is 14.9. The highest BCUT2D eigenvalue weighted by Crippen LogP contribution is 2.37. The zero-order chi connectivity index (χ0) is 23.3. The largest absolute Gasteiger partial charge is 0.354 e. The van der Waals surface area contributed by atoms with Crippen molar-refractivity contribution in [3.8, 4) is 0 Å². The Labute approximate surface area is 187 Å². The van der Waals surface area contributed by atoms with E-state index in [4.69, 9.17) is 11.6 Å². The molecule has 5 nitrogen and oxygen atoms in total. The average Bonchev–Trinajstić information content (AvgIpc) is 3.02. The summed E-state index contributed by atoms with van der Waals surface area (Å²) in [6.07, 6.45) is -0.431. The number of fused-ring (bicyclic) bond motifs is 1. The number of rotatable bonds is 4. The van der Waals surface area contributed by atoms with E-state index in [1.54, 1.807) is 17.0 Å². The Bertz CT molecular complexity index is 1250. The molecular weight excluding hydrogens is 470 g/mol. The molecule has 0 saturated carbocycles. The van der Waals surface area contributed by atoms with Crippen molar-refractivity contribution in [3.05, 3.63) is 53.1 Å². The summed E-state index contributed by atoms with van der Waals surface area (Å²) in [4.78, 5) is 1.38. The van der Waals surface area contributed by atoms with Crippen molar-refractivity contribution in [3.63, 3.8) is 0 Å². The predicted octanol–water partition coefficient (Wildman–Crippen LogP) is 5.66. The van der Waals surface area contributed by atoms with Gasteiger partial charge in [-0.05, 0) is 30.7 Å². The van der Waals surface area contributed by atoms with Crippen molar-refractivity contribution in [1.82, 2.24) is 9.19 Å². The monoisotopic (exact) mass is 489 g/mol. The zero-order valence-corrected chi connectivity index (χ0v) is 18.6. The number of nitrogens with zero attached hydrogens (tertiary/aromatic N) is 3. The number of halogens is 5. The van der Waals surface area contributed by atoms with Crippen LogP contribution in [-0.2, 0) is 15.9 Å². The van der Waals surface area contributed by atoms with Crippen LogP contribution >= 0.6 is 11.6 Å². The Morgan fingerprint density at radius 1 is 1.06 bits per heavy atom. The molecule has 1 aliphatic heterocycles. The number of alkyl halides is 4. The van der Waals surface area contributed by atoms with Crippen molar-refractivity contribution in [2.24, 2.45) is 0 Å². The summed E-state index contributed by atoms with van der Waals surface area (Å²) in [5.41, 5.74) is -0.149. The van der Waals surface area contributed by atoms with Gasteiger partial charge >= 0.3 is 0 Å². The molecule has 1 saturated heterocycles. The lowest BCUT2D eigenvalue weighted by Crippen LogP contribution is -2.26. The molecule has 0 bridgehead atoms. The second-order valence-electron chi connectivity index (χ2n) is 7.91. The van der Waals surface area contributed by atoms with Crippen molar-refractivity contribution in [1.29, 1.82) is 0 Å². The van der Waals surface area contributed by atoms with E-state index in [0.717, 1.165) is 35.3 Å². The van der Waals surface area contributed by atoms with Crippen LogP contribution in [-0.4, -0.2) is 36.6 Å². The molecule has 172 valence electrons. The summed E-state index contributed by atoms with van der Waals surface area (Å²) in [7, 11) is -4.27. The van der Waals surface area contributed by atoms with Gasteiger partial charge in [0.05, 0.1) is 20.8 Å². The highest BCUT2D eigenvalue weighted by atomic mass is 35.5. The molecule has 1 aliphatic rings. The maximum Gasteiger partial charge on any atom is 0.283 e. The molecule has 1 aromatic heterocycles. The first kappa shape index (κ1) is 22.8. The fourth-order valence-electron chi connectivity index (χ4n) is 3.78. The Kier molecular flexibility index (Phi) is 5.65. The van der Waals surface area contributed by atoms with Crippen LogP contribution in [0.2, 0.25) is 5.02 Å². The lowest BCUT2D eigenvalue weighted by molar-refractivity contribution is -0.0102. The quantitative estimate of drug-likeness (QED) is 0.443. The van der Waals surface area contributed by atoms with Gasteiger partial charge < -0.3 is 4.90 Å². The minimum atomic E-state index is -4.27. The molecule has 0 amide bonds. The number of benzene rings is 2. The standard InChI is InChI=1S/C21H20ClF4N3O2S/c1-20(23,24)14-6-8-15(9-7-14)32(30,31)29-17-5-2-4-16(22)18(17)19(27-29)28-12-3-10-21(25,26)11-13-28/h2,4-9H,3,10-13H2,1H3. The van der Waals surface area contributed by atoms with Gasteiger partial charge in [-0.3, -0.25) is 0 Å². The van der Waals surface area contributed by atoms with Crippen LogP contribution in [0.3, 0.4) is 0 Å². The summed E-state index contributed by atoms with van der Waals surface area (Å²) in [5.74, 6) is -5.72. The van der Waals surface area contributed by atoms with Crippen LogP contribution in [0.5, 0.6) is 0 Å². The van der Waals surface area contributed by atoms with E-state index in [2.05, 4.69) is 5.10 Å². The van der Waals surface area contributed by atoms with Crippen LogP contribution < -0.4 is 4.90 Å². The van der Waals surface area contributed by atoms with Gasteiger partial charge in [-0.2, -0.15) is 12.5 Å². The summed E-state index contributed by atoms with van der Waals surface area (Å²) in [5, 5.41) is 4.83. The van der Waals surface area contributed by atoms with Gasteiger partial charge in [-0.1, -0.05) is 29.8 Å². The minimum Gasteiger partial charge on any atom is -0.354 e. The topological polar surface area (TPSA) is 55.2 Å². The van der Waals surface area contributed by atoms with E-state index in [-0.39, 0.29) is 59.2 Å². The molecular formula is C21H20ClF4N3O2S. The molecule has 3 aromatic rings. The third kappa shape index (κ3) is 4.17. The highest BCUT2D eigenvalue weighted by Gasteiger charge is 2.34. The van der Waals surface area contributed by atoms with E-state index in [1.165, 1.54) is 6.07 Å². The Hall–Kier alpha value is -2.33. The van der Waals surface area contributed by atoms with Crippen LogP contribution in [0, 0.1) is 0 Å². The number of anilines is 1. The SMILES string of the molecule is CC(F)(F)c1ccc(S(=O)(=O)n2nc(N3CCCC(F)(F)CC3)c3c(Cl)cccc32)cc1. The van der Waals surface area contributed by atoms with Gasteiger partial charge in [0.1, 0.15) is 0 Å². The Morgan fingerprint density at radius 2 is 1.75 bits per heavy atom. The molecule has 0 spiro atoms. The van der Waals surface area contributed by atoms with Gasteiger partial charge in [0, 0.05) is 38.4 Å². The molecule has 0 atom stereocenters. The molecule has 0 aliphatic carbocycles. The van der Waals surface area contributed by atoms with Crippen molar-refractivity contribution in [2.45, 2.75) is 42.9 Å². The lowest BCUT2D eigenvalue weighted by Gasteiger charge is -2.20. The van der Waals surface area contributed by atoms with Crippen LogP contribution in [0.4, 0.5) is 23.4 Å². The van der Waals surface area contributed by atoms with Gasteiger partial charge in [0.15, 0.2) is 5.82 Å². The minimum absolute atomic E-state index is 0.00926. The predicted molar refractivity (Wildman–Crippen MR) is 114 cm³/mol. The van der Waals surface area contributed by atoms with Crippen LogP contribution in [0.15, 0.2) is 47.4 Å². The molecule has 2 heterocycles. The average molecular weight is 490 g/mol. The van der Waals surface area contributed by atoms with Crippen LogP contribution in [0.25, 0.3) is 10.9 Å². The first-order valence-electron chi connectivity index (χ1n) is 9.94. The molecule has 1 fully saturated rings. The second kappa shape index (κ2) is 7.91. The number of aromatic nitrogens is 2. The van der Waals surface area contributed by atoms with Crippen molar-refractivity contribution >= 4 is 38.3 Å².